The lowest BCUT2D eigenvalue weighted by molar-refractivity contribution is -0.122. The van der Waals surface area contributed by atoms with Crippen molar-refractivity contribution in [2.75, 3.05) is 52.4 Å². The van der Waals surface area contributed by atoms with Gasteiger partial charge in [-0.15, -0.1) is 0 Å². The number of amides is 1. The first-order valence-electron chi connectivity index (χ1n) is 12.1. The van der Waals surface area contributed by atoms with E-state index in [1.54, 1.807) is 0 Å². The SMILES string of the molecule is CCCCCCNCCCC[C@@H](N)C(=O)NCCCNCCCCNCCCN. The predicted molar refractivity (Wildman–Crippen MR) is 125 cm³/mol. The third-order valence-corrected chi connectivity index (χ3v) is 5.01. The van der Waals surface area contributed by atoms with Gasteiger partial charge in [-0.05, 0) is 90.8 Å². The van der Waals surface area contributed by atoms with Crippen LogP contribution in [0.4, 0.5) is 0 Å². The standard InChI is InChI=1S/C22H50N6O/c1-2-3-4-6-14-25-15-7-5-12-21(24)22(29)28-20-11-19-27-17-9-8-16-26-18-10-13-23/h21,25-27H,2-20,23-24H2,1H3,(H,28,29)/t21-/m1/s1. The summed E-state index contributed by atoms with van der Waals surface area (Å²) in [7, 11) is 0. The summed E-state index contributed by atoms with van der Waals surface area (Å²) in [6.07, 6.45) is 12.4. The van der Waals surface area contributed by atoms with Gasteiger partial charge < -0.3 is 32.7 Å². The number of rotatable bonds is 23. The second-order valence-corrected chi connectivity index (χ2v) is 7.91. The van der Waals surface area contributed by atoms with Gasteiger partial charge in [0.15, 0.2) is 0 Å². The molecule has 0 fully saturated rings. The van der Waals surface area contributed by atoms with Crippen LogP contribution >= 0.6 is 0 Å². The van der Waals surface area contributed by atoms with Gasteiger partial charge in [-0.3, -0.25) is 4.79 Å². The Morgan fingerprint density at radius 3 is 1.79 bits per heavy atom. The molecule has 29 heavy (non-hydrogen) atoms. The van der Waals surface area contributed by atoms with Crippen LogP contribution in [0.25, 0.3) is 0 Å². The zero-order valence-electron chi connectivity index (χ0n) is 19.1. The highest BCUT2D eigenvalue weighted by molar-refractivity contribution is 5.81. The molecule has 0 spiro atoms. The van der Waals surface area contributed by atoms with Crippen molar-refractivity contribution in [3.63, 3.8) is 0 Å². The summed E-state index contributed by atoms with van der Waals surface area (Å²) < 4.78 is 0. The lowest BCUT2D eigenvalue weighted by Gasteiger charge is -2.12. The van der Waals surface area contributed by atoms with Gasteiger partial charge in [0, 0.05) is 6.54 Å². The molecule has 0 rings (SSSR count). The smallest absolute Gasteiger partial charge is 0.236 e. The molecule has 174 valence electrons. The molecule has 7 nitrogen and oxygen atoms in total. The first-order chi connectivity index (χ1) is 14.2. The second kappa shape index (κ2) is 23.5. The molecular formula is C22H50N6O. The molecule has 0 saturated carbocycles. The molecule has 0 radical (unpaired) electrons. The van der Waals surface area contributed by atoms with Crippen LogP contribution in [-0.2, 0) is 4.79 Å². The third kappa shape index (κ3) is 21.8. The summed E-state index contributed by atoms with van der Waals surface area (Å²) in [5.74, 6) is -0.0129. The minimum absolute atomic E-state index is 0.0129. The van der Waals surface area contributed by atoms with E-state index in [9.17, 15) is 4.79 Å². The van der Waals surface area contributed by atoms with Crippen LogP contribution in [0.2, 0.25) is 0 Å². The van der Waals surface area contributed by atoms with E-state index in [1.165, 1.54) is 38.5 Å². The Morgan fingerprint density at radius 1 is 0.690 bits per heavy atom. The molecule has 1 atom stereocenters. The van der Waals surface area contributed by atoms with E-state index in [0.29, 0.717) is 6.54 Å². The quantitative estimate of drug-likeness (QED) is 0.141. The Hall–Kier alpha value is -0.730. The van der Waals surface area contributed by atoms with Crippen LogP contribution in [0.3, 0.4) is 0 Å². The van der Waals surface area contributed by atoms with Gasteiger partial charge >= 0.3 is 0 Å². The van der Waals surface area contributed by atoms with Gasteiger partial charge in [-0.1, -0.05) is 32.6 Å². The van der Waals surface area contributed by atoms with Crippen molar-refractivity contribution in [2.45, 2.75) is 83.6 Å². The maximum atomic E-state index is 12.0. The predicted octanol–water partition coefficient (Wildman–Crippen LogP) is 1.47. The molecule has 1 amide bonds. The zero-order chi connectivity index (χ0) is 21.4. The Morgan fingerprint density at radius 2 is 1.21 bits per heavy atom. The van der Waals surface area contributed by atoms with E-state index in [0.717, 1.165) is 77.9 Å². The number of hydrogen-bond donors (Lipinski definition) is 6. The van der Waals surface area contributed by atoms with Crippen molar-refractivity contribution in [3.05, 3.63) is 0 Å². The molecule has 7 heteroatoms. The van der Waals surface area contributed by atoms with Gasteiger partial charge in [0.1, 0.15) is 0 Å². The van der Waals surface area contributed by atoms with E-state index in [-0.39, 0.29) is 11.9 Å². The maximum Gasteiger partial charge on any atom is 0.236 e. The monoisotopic (exact) mass is 414 g/mol. The second-order valence-electron chi connectivity index (χ2n) is 7.91. The van der Waals surface area contributed by atoms with Crippen molar-refractivity contribution in [3.8, 4) is 0 Å². The van der Waals surface area contributed by atoms with Crippen LogP contribution in [0.15, 0.2) is 0 Å². The fraction of sp³-hybridized carbons (Fsp3) is 0.955. The molecule has 0 aliphatic heterocycles. The van der Waals surface area contributed by atoms with Crippen molar-refractivity contribution in [1.29, 1.82) is 0 Å². The third-order valence-electron chi connectivity index (χ3n) is 5.01. The molecule has 0 heterocycles. The Bertz CT molecular complexity index is 343. The lowest BCUT2D eigenvalue weighted by atomic mass is 10.1. The molecule has 0 aromatic rings. The van der Waals surface area contributed by atoms with Gasteiger partial charge in [0.25, 0.3) is 0 Å². The number of nitrogens with one attached hydrogen (secondary N) is 4. The average molecular weight is 415 g/mol. The van der Waals surface area contributed by atoms with E-state index in [4.69, 9.17) is 11.5 Å². The fourth-order valence-corrected chi connectivity index (χ4v) is 3.08. The summed E-state index contributed by atoms with van der Waals surface area (Å²) >= 11 is 0. The molecular weight excluding hydrogens is 364 g/mol. The van der Waals surface area contributed by atoms with Crippen molar-refractivity contribution < 1.29 is 4.79 Å². The first-order valence-corrected chi connectivity index (χ1v) is 12.1. The van der Waals surface area contributed by atoms with Gasteiger partial charge in [-0.2, -0.15) is 0 Å². The van der Waals surface area contributed by atoms with E-state index in [2.05, 4.69) is 28.2 Å². The van der Waals surface area contributed by atoms with Gasteiger partial charge in [-0.25, -0.2) is 0 Å². The zero-order valence-corrected chi connectivity index (χ0v) is 19.1. The highest BCUT2D eigenvalue weighted by atomic mass is 16.2. The van der Waals surface area contributed by atoms with Crippen LogP contribution in [-0.4, -0.2) is 64.3 Å². The van der Waals surface area contributed by atoms with Crippen LogP contribution in [0, 0.1) is 0 Å². The van der Waals surface area contributed by atoms with E-state index >= 15 is 0 Å². The Balaban J connectivity index is 3.30. The van der Waals surface area contributed by atoms with Gasteiger partial charge in [0.2, 0.25) is 5.91 Å². The number of unbranched alkanes of at least 4 members (excludes halogenated alkanes) is 5. The van der Waals surface area contributed by atoms with Crippen molar-refractivity contribution in [2.24, 2.45) is 11.5 Å². The number of nitrogens with two attached hydrogens (primary N) is 2. The molecule has 0 saturated heterocycles. The van der Waals surface area contributed by atoms with Crippen molar-refractivity contribution >= 4 is 5.91 Å². The van der Waals surface area contributed by atoms with Crippen LogP contribution in [0.5, 0.6) is 0 Å². The molecule has 8 N–H and O–H groups in total. The molecule has 0 aromatic heterocycles. The lowest BCUT2D eigenvalue weighted by Crippen LogP contribution is -2.41. The van der Waals surface area contributed by atoms with E-state index < -0.39 is 0 Å². The summed E-state index contributed by atoms with van der Waals surface area (Å²) in [4.78, 5) is 12.0. The van der Waals surface area contributed by atoms with Crippen LogP contribution in [0.1, 0.15) is 77.6 Å². The fourth-order valence-electron chi connectivity index (χ4n) is 3.08. The molecule has 0 bridgehead atoms. The highest BCUT2D eigenvalue weighted by Crippen LogP contribution is 2.00. The Labute approximate surface area is 179 Å². The summed E-state index contributed by atoms with van der Waals surface area (Å²) in [5, 5.41) is 13.2. The summed E-state index contributed by atoms with van der Waals surface area (Å²) in [5.41, 5.74) is 11.4. The van der Waals surface area contributed by atoms with Crippen LogP contribution < -0.4 is 32.7 Å². The summed E-state index contributed by atoms with van der Waals surface area (Å²) in [6.45, 7) is 9.84. The van der Waals surface area contributed by atoms with Crippen molar-refractivity contribution in [1.82, 2.24) is 21.3 Å². The maximum absolute atomic E-state index is 12.0. The molecule has 0 aromatic carbocycles. The molecule has 0 unspecified atom stereocenters. The molecule has 0 aliphatic carbocycles. The molecule has 0 aliphatic rings. The van der Waals surface area contributed by atoms with E-state index in [1.807, 2.05) is 0 Å². The number of hydrogen-bond acceptors (Lipinski definition) is 6. The summed E-state index contributed by atoms with van der Waals surface area (Å²) in [6, 6.07) is -0.376. The number of carbonyl (C=O) groups excluding carboxylic acids is 1. The topological polar surface area (TPSA) is 117 Å². The first kappa shape index (κ1) is 28.3. The average Bonchev–Trinajstić information content (AvgIpc) is 2.73. The van der Waals surface area contributed by atoms with Gasteiger partial charge in [0.05, 0.1) is 6.04 Å². The highest BCUT2D eigenvalue weighted by Gasteiger charge is 2.11. The Kier molecular flexibility index (Phi) is 23.0. The largest absolute Gasteiger partial charge is 0.355 e. The normalized spacial score (nSPS) is 12.2. The minimum atomic E-state index is -0.376. The minimum Gasteiger partial charge on any atom is -0.355 e. The number of carbonyl (C=O) groups is 1.